The fourth-order valence-electron chi connectivity index (χ4n) is 2.64. The first-order chi connectivity index (χ1) is 12.6. The van der Waals surface area contributed by atoms with Crippen molar-refractivity contribution in [2.45, 2.75) is 0 Å². The van der Waals surface area contributed by atoms with E-state index in [1.807, 2.05) is 0 Å². The lowest BCUT2D eigenvalue weighted by Gasteiger charge is -2.01. The second-order valence-electron chi connectivity index (χ2n) is 5.72. The maximum atomic E-state index is 13.3. The van der Waals surface area contributed by atoms with Crippen molar-refractivity contribution >= 4 is 0 Å². The SMILES string of the molecule is Fc1ccc(-c2nc(-c3ccc(F)cc3)c(-c3ccc(F)cc3)o2)cc1. The van der Waals surface area contributed by atoms with Gasteiger partial charge in [-0.25, -0.2) is 18.2 Å². The molecule has 0 atom stereocenters. The lowest BCUT2D eigenvalue weighted by atomic mass is 10.1. The van der Waals surface area contributed by atoms with Crippen molar-refractivity contribution in [1.82, 2.24) is 4.98 Å². The monoisotopic (exact) mass is 351 g/mol. The van der Waals surface area contributed by atoms with Crippen LogP contribution in [0.4, 0.5) is 13.2 Å². The van der Waals surface area contributed by atoms with Gasteiger partial charge in [0.25, 0.3) is 0 Å². The zero-order valence-corrected chi connectivity index (χ0v) is 13.4. The van der Waals surface area contributed by atoms with Crippen molar-refractivity contribution in [1.29, 1.82) is 0 Å². The molecule has 0 saturated carbocycles. The van der Waals surface area contributed by atoms with E-state index in [1.165, 1.54) is 36.4 Å². The lowest BCUT2D eigenvalue weighted by molar-refractivity contribution is 0.587. The van der Waals surface area contributed by atoms with Gasteiger partial charge in [0.15, 0.2) is 5.76 Å². The van der Waals surface area contributed by atoms with Crippen molar-refractivity contribution < 1.29 is 17.6 Å². The Balaban J connectivity index is 1.88. The van der Waals surface area contributed by atoms with Crippen LogP contribution in [0.15, 0.2) is 77.2 Å². The van der Waals surface area contributed by atoms with Gasteiger partial charge < -0.3 is 4.42 Å². The minimum absolute atomic E-state index is 0.295. The highest BCUT2D eigenvalue weighted by Crippen LogP contribution is 2.36. The average Bonchev–Trinajstić information content (AvgIpc) is 3.09. The van der Waals surface area contributed by atoms with E-state index in [0.717, 1.165) is 0 Å². The molecule has 3 aromatic carbocycles. The Morgan fingerprint density at radius 1 is 0.538 bits per heavy atom. The summed E-state index contributed by atoms with van der Waals surface area (Å²) in [4.78, 5) is 4.50. The van der Waals surface area contributed by atoms with Crippen LogP contribution in [0.5, 0.6) is 0 Å². The molecule has 0 bridgehead atoms. The first kappa shape index (κ1) is 16.1. The lowest BCUT2D eigenvalue weighted by Crippen LogP contribution is -1.84. The van der Waals surface area contributed by atoms with E-state index < -0.39 is 0 Å². The maximum absolute atomic E-state index is 13.3. The molecule has 0 spiro atoms. The average molecular weight is 351 g/mol. The van der Waals surface area contributed by atoms with Crippen LogP contribution in [0.1, 0.15) is 0 Å². The highest BCUT2D eigenvalue weighted by atomic mass is 19.1. The highest BCUT2D eigenvalue weighted by Gasteiger charge is 2.18. The Bertz CT molecular complexity index is 973. The van der Waals surface area contributed by atoms with Crippen LogP contribution in [0.3, 0.4) is 0 Å². The van der Waals surface area contributed by atoms with Crippen molar-refractivity contribution in [3.05, 3.63) is 90.2 Å². The zero-order chi connectivity index (χ0) is 18.1. The normalized spacial score (nSPS) is 10.9. The third-order valence-corrected chi connectivity index (χ3v) is 3.94. The standard InChI is InChI=1S/C21H12F3NO/c22-16-7-1-13(2-8-16)19-20(14-3-9-17(23)10-4-14)26-21(25-19)15-5-11-18(24)12-6-15/h1-12H. The van der Waals surface area contributed by atoms with Gasteiger partial charge >= 0.3 is 0 Å². The highest BCUT2D eigenvalue weighted by molar-refractivity contribution is 5.79. The fraction of sp³-hybridized carbons (Fsp3) is 0. The molecule has 4 rings (SSSR count). The van der Waals surface area contributed by atoms with Crippen LogP contribution in [0.2, 0.25) is 0 Å². The molecule has 0 radical (unpaired) electrons. The molecule has 0 fully saturated rings. The number of nitrogens with zero attached hydrogens (tertiary/aromatic N) is 1. The van der Waals surface area contributed by atoms with Gasteiger partial charge in [-0.2, -0.15) is 0 Å². The largest absolute Gasteiger partial charge is 0.435 e. The van der Waals surface area contributed by atoms with Gasteiger partial charge in [0.2, 0.25) is 5.89 Å². The van der Waals surface area contributed by atoms with E-state index in [1.54, 1.807) is 36.4 Å². The molecular formula is C21H12F3NO. The topological polar surface area (TPSA) is 26.0 Å². The van der Waals surface area contributed by atoms with E-state index in [9.17, 15) is 13.2 Å². The Morgan fingerprint density at radius 3 is 1.46 bits per heavy atom. The van der Waals surface area contributed by atoms with Gasteiger partial charge in [0.05, 0.1) is 0 Å². The molecule has 4 aromatic rings. The summed E-state index contributed by atoms with van der Waals surface area (Å²) >= 11 is 0. The Hall–Kier alpha value is -3.34. The van der Waals surface area contributed by atoms with E-state index in [4.69, 9.17) is 4.42 Å². The van der Waals surface area contributed by atoms with Crippen LogP contribution in [0, 0.1) is 17.5 Å². The quantitative estimate of drug-likeness (QED) is 0.446. The molecular weight excluding hydrogens is 339 g/mol. The van der Waals surface area contributed by atoms with Gasteiger partial charge in [-0.1, -0.05) is 0 Å². The van der Waals surface area contributed by atoms with Crippen molar-refractivity contribution in [3.8, 4) is 34.0 Å². The summed E-state index contributed by atoms with van der Waals surface area (Å²) in [6.07, 6.45) is 0. The zero-order valence-electron chi connectivity index (χ0n) is 13.4. The molecule has 5 heteroatoms. The summed E-state index contributed by atoms with van der Waals surface area (Å²) in [5.41, 5.74) is 2.38. The summed E-state index contributed by atoms with van der Waals surface area (Å²) in [5.74, 6) is -0.368. The molecule has 1 heterocycles. The molecule has 0 N–H and O–H groups in total. The van der Waals surface area contributed by atoms with Gasteiger partial charge in [-0.3, -0.25) is 0 Å². The van der Waals surface area contributed by atoms with Gasteiger partial charge in [-0.05, 0) is 72.8 Å². The Kier molecular flexibility index (Phi) is 4.05. The number of hydrogen-bond donors (Lipinski definition) is 0. The minimum Gasteiger partial charge on any atom is -0.435 e. The van der Waals surface area contributed by atoms with Crippen molar-refractivity contribution in [3.63, 3.8) is 0 Å². The Morgan fingerprint density at radius 2 is 0.962 bits per heavy atom. The predicted octanol–water partition coefficient (Wildman–Crippen LogP) is 6.09. The molecule has 0 aliphatic carbocycles. The van der Waals surface area contributed by atoms with E-state index in [2.05, 4.69) is 4.98 Å². The summed E-state index contributed by atoms with van der Waals surface area (Å²) in [7, 11) is 0. The summed E-state index contributed by atoms with van der Waals surface area (Å²) < 4.78 is 45.6. The maximum Gasteiger partial charge on any atom is 0.227 e. The molecule has 2 nitrogen and oxygen atoms in total. The molecule has 26 heavy (non-hydrogen) atoms. The fourth-order valence-corrected chi connectivity index (χ4v) is 2.64. The summed E-state index contributed by atoms with van der Waals surface area (Å²) in [6, 6.07) is 17.4. The summed E-state index contributed by atoms with van der Waals surface area (Å²) in [6.45, 7) is 0. The second-order valence-corrected chi connectivity index (χ2v) is 5.72. The van der Waals surface area contributed by atoms with Crippen molar-refractivity contribution in [2.24, 2.45) is 0 Å². The first-order valence-electron chi connectivity index (χ1n) is 7.89. The van der Waals surface area contributed by atoms with Gasteiger partial charge in [-0.15, -0.1) is 0 Å². The van der Waals surface area contributed by atoms with E-state index in [-0.39, 0.29) is 17.5 Å². The van der Waals surface area contributed by atoms with Crippen LogP contribution >= 0.6 is 0 Å². The number of hydrogen-bond acceptors (Lipinski definition) is 2. The molecule has 0 unspecified atom stereocenters. The first-order valence-corrected chi connectivity index (χ1v) is 7.89. The molecule has 1 aromatic heterocycles. The third kappa shape index (κ3) is 3.11. The van der Waals surface area contributed by atoms with Crippen molar-refractivity contribution in [2.75, 3.05) is 0 Å². The number of halogens is 3. The molecule has 0 saturated heterocycles. The molecule has 0 aliphatic rings. The summed E-state index contributed by atoms with van der Waals surface area (Å²) in [5, 5.41) is 0. The van der Waals surface area contributed by atoms with E-state index in [0.29, 0.717) is 34.0 Å². The van der Waals surface area contributed by atoms with Gasteiger partial charge in [0.1, 0.15) is 23.1 Å². The smallest absolute Gasteiger partial charge is 0.227 e. The number of aromatic nitrogens is 1. The predicted molar refractivity (Wildman–Crippen MR) is 92.7 cm³/mol. The molecule has 128 valence electrons. The number of oxazole rings is 1. The molecule has 0 amide bonds. The second kappa shape index (κ2) is 6.52. The van der Waals surface area contributed by atoms with Crippen LogP contribution < -0.4 is 0 Å². The van der Waals surface area contributed by atoms with Crippen LogP contribution in [-0.4, -0.2) is 4.98 Å². The number of rotatable bonds is 3. The Labute approximate surface area is 147 Å². The van der Waals surface area contributed by atoms with Crippen LogP contribution in [0.25, 0.3) is 34.0 Å². The minimum atomic E-state index is -0.365. The van der Waals surface area contributed by atoms with Gasteiger partial charge in [0, 0.05) is 16.7 Å². The van der Waals surface area contributed by atoms with E-state index >= 15 is 0 Å². The molecule has 0 aliphatic heterocycles. The number of benzene rings is 3. The van der Waals surface area contributed by atoms with Crippen LogP contribution in [-0.2, 0) is 0 Å². The third-order valence-electron chi connectivity index (χ3n) is 3.94.